The average Bonchev–Trinajstić information content (AvgIpc) is 2.69. The fourth-order valence-electron chi connectivity index (χ4n) is 3.69. The quantitative estimate of drug-likeness (QED) is 0.562. The van der Waals surface area contributed by atoms with Gasteiger partial charge < -0.3 is 4.74 Å². The third-order valence-corrected chi connectivity index (χ3v) is 5.36. The molecule has 0 amide bonds. The van der Waals surface area contributed by atoms with Crippen LogP contribution in [0.15, 0.2) is 30.3 Å². The van der Waals surface area contributed by atoms with Crippen molar-refractivity contribution < 1.29 is 17.9 Å². The Morgan fingerprint density at radius 1 is 1.00 bits per heavy atom. The first kappa shape index (κ1) is 20.5. The fourth-order valence-corrected chi connectivity index (χ4v) is 3.69. The van der Waals surface area contributed by atoms with E-state index in [9.17, 15) is 13.2 Å². The molecule has 0 heterocycles. The molecule has 3 rings (SSSR count). The monoisotopic (exact) mass is 386 g/mol. The normalized spacial score (nSPS) is 19.2. The molecule has 0 radical (unpaired) electrons. The highest BCUT2D eigenvalue weighted by Gasteiger charge is 2.25. The lowest BCUT2D eigenvalue weighted by molar-refractivity contribution is 0.131. The van der Waals surface area contributed by atoms with E-state index in [1.807, 2.05) is 19.9 Å². The third kappa shape index (κ3) is 4.77. The molecule has 0 bridgehead atoms. The second-order valence-electron chi connectivity index (χ2n) is 7.38. The van der Waals surface area contributed by atoms with Crippen molar-refractivity contribution in [2.45, 2.75) is 52.1 Å². The summed E-state index contributed by atoms with van der Waals surface area (Å²) in [5.41, 5.74) is 1.97. The maximum absolute atomic E-state index is 14.5. The summed E-state index contributed by atoms with van der Waals surface area (Å²) in [6.45, 7) is 4.20. The van der Waals surface area contributed by atoms with Gasteiger partial charge in [0.1, 0.15) is 5.82 Å². The van der Waals surface area contributed by atoms with Gasteiger partial charge in [-0.05, 0) is 68.7 Å². The highest BCUT2D eigenvalue weighted by molar-refractivity contribution is 5.38. The molecule has 148 valence electrons. The Kier molecular flexibility index (Phi) is 6.80. The third-order valence-electron chi connectivity index (χ3n) is 5.36. The summed E-state index contributed by atoms with van der Waals surface area (Å²) in [5.74, 6) is 4.38. The molecule has 2 aromatic carbocycles. The highest BCUT2D eigenvalue weighted by Crippen LogP contribution is 2.37. The lowest BCUT2D eigenvalue weighted by Gasteiger charge is -2.26. The van der Waals surface area contributed by atoms with E-state index in [-0.39, 0.29) is 29.8 Å². The predicted octanol–water partition coefficient (Wildman–Crippen LogP) is 6.27. The summed E-state index contributed by atoms with van der Waals surface area (Å²) in [6.07, 6.45) is 3.09. The zero-order valence-electron chi connectivity index (χ0n) is 16.3. The number of benzene rings is 2. The Labute approximate surface area is 164 Å². The first-order valence-electron chi connectivity index (χ1n) is 9.81. The molecule has 0 N–H and O–H groups in total. The molecule has 1 fully saturated rings. The summed E-state index contributed by atoms with van der Waals surface area (Å²) < 4.78 is 47.9. The van der Waals surface area contributed by atoms with Gasteiger partial charge in [-0.1, -0.05) is 30.0 Å². The van der Waals surface area contributed by atoms with Crippen molar-refractivity contribution in [3.8, 4) is 11.8 Å². The Morgan fingerprint density at radius 2 is 1.75 bits per heavy atom. The Morgan fingerprint density at radius 3 is 2.43 bits per heavy atom. The van der Waals surface area contributed by atoms with E-state index in [1.54, 1.807) is 18.2 Å². The van der Waals surface area contributed by atoms with Crippen molar-refractivity contribution in [3.63, 3.8) is 0 Å². The van der Waals surface area contributed by atoms with Crippen LogP contribution in [0.3, 0.4) is 0 Å². The standard InChI is InChI=1S/C24H25F3O/c1-3-28-15-20-12-13-21(24(27)23(20)26)18-9-5-17(6-10-18)7-11-19-8-4-16(2)14-22(19)25/h4,8,12-14,17-18H,3,5-6,9-10,15H2,1-2H3. The highest BCUT2D eigenvalue weighted by atomic mass is 19.2. The maximum atomic E-state index is 14.5. The first-order chi connectivity index (χ1) is 13.5. The van der Waals surface area contributed by atoms with Crippen molar-refractivity contribution in [2.75, 3.05) is 6.61 Å². The predicted molar refractivity (Wildman–Crippen MR) is 104 cm³/mol. The smallest absolute Gasteiger partial charge is 0.164 e. The molecule has 0 aliphatic heterocycles. The summed E-state index contributed by atoms with van der Waals surface area (Å²) in [6, 6.07) is 8.33. The van der Waals surface area contributed by atoms with Gasteiger partial charge in [0, 0.05) is 18.1 Å². The Bertz CT molecular complexity index is 887. The number of aryl methyl sites for hydroxylation is 1. The summed E-state index contributed by atoms with van der Waals surface area (Å²) in [7, 11) is 0. The zero-order chi connectivity index (χ0) is 20.1. The van der Waals surface area contributed by atoms with Gasteiger partial charge in [0.2, 0.25) is 0 Å². The number of hydrogen-bond donors (Lipinski definition) is 0. The van der Waals surface area contributed by atoms with Gasteiger partial charge in [0.15, 0.2) is 11.6 Å². The van der Waals surface area contributed by atoms with Gasteiger partial charge in [-0.15, -0.1) is 0 Å². The topological polar surface area (TPSA) is 9.23 Å². The van der Waals surface area contributed by atoms with Crippen LogP contribution in [0.25, 0.3) is 0 Å². The van der Waals surface area contributed by atoms with Crippen molar-refractivity contribution in [3.05, 3.63) is 70.0 Å². The van der Waals surface area contributed by atoms with Gasteiger partial charge in [0.25, 0.3) is 0 Å². The molecule has 2 aromatic rings. The molecule has 4 heteroatoms. The van der Waals surface area contributed by atoms with Crippen LogP contribution in [0.1, 0.15) is 60.8 Å². The molecule has 1 nitrogen and oxygen atoms in total. The lowest BCUT2D eigenvalue weighted by Crippen LogP contribution is -2.14. The summed E-state index contributed by atoms with van der Waals surface area (Å²) in [4.78, 5) is 0. The molecule has 0 atom stereocenters. The van der Waals surface area contributed by atoms with Gasteiger partial charge in [-0.3, -0.25) is 0 Å². The van der Waals surface area contributed by atoms with E-state index in [2.05, 4.69) is 11.8 Å². The summed E-state index contributed by atoms with van der Waals surface area (Å²) in [5, 5.41) is 0. The van der Waals surface area contributed by atoms with E-state index >= 15 is 0 Å². The number of ether oxygens (including phenoxy) is 1. The zero-order valence-corrected chi connectivity index (χ0v) is 16.3. The average molecular weight is 386 g/mol. The fraction of sp³-hybridized carbons (Fsp3) is 0.417. The lowest BCUT2D eigenvalue weighted by atomic mass is 9.78. The number of hydrogen-bond acceptors (Lipinski definition) is 1. The van der Waals surface area contributed by atoms with E-state index in [4.69, 9.17) is 4.74 Å². The molecular formula is C24H25F3O. The van der Waals surface area contributed by atoms with Crippen molar-refractivity contribution >= 4 is 0 Å². The molecule has 0 aromatic heterocycles. The minimum absolute atomic E-state index is 0.00944. The minimum atomic E-state index is -0.803. The largest absolute Gasteiger partial charge is 0.377 e. The molecular weight excluding hydrogens is 361 g/mol. The van der Waals surface area contributed by atoms with Crippen molar-refractivity contribution in [1.29, 1.82) is 0 Å². The number of rotatable bonds is 4. The van der Waals surface area contributed by atoms with Crippen LogP contribution >= 0.6 is 0 Å². The van der Waals surface area contributed by atoms with Gasteiger partial charge in [-0.25, -0.2) is 13.2 Å². The van der Waals surface area contributed by atoms with E-state index in [0.717, 1.165) is 31.2 Å². The second-order valence-corrected chi connectivity index (χ2v) is 7.38. The SMILES string of the molecule is CCOCc1ccc(C2CCC(C#Cc3ccc(C)cc3F)CC2)c(F)c1F. The van der Waals surface area contributed by atoms with Crippen molar-refractivity contribution in [2.24, 2.45) is 5.92 Å². The van der Waals surface area contributed by atoms with Crippen LogP contribution in [0.4, 0.5) is 13.2 Å². The Hall–Kier alpha value is -2.25. The Balaban J connectivity index is 1.64. The van der Waals surface area contributed by atoms with E-state index in [0.29, 0.717) is 17.7 Å². The van der Waals surface area contributed by atoms with Crippen LogP contribution in [0, 0.1) is 42.1 Å². The molecule has 1 aliphatic rings. The molecule has 28 heavy (non-hydrogen) atoms. The van der Waals surface area contributed by atoms with Crippen molar-refractivity contribution in [1.82, 2.24) is 0 Å². The van der Waals surface area contributed by atoms with E-state index < -0.39 is 11.6 Å². The van der Waals surface area contributed by atoms with Gasteiger partial charge in [0.05, 0.1) is 12.2 Å². The molecule has 0 saturated heterocycles. The van der Waals surface area contributed by atoms with Crippen LogP contribution in [-0.2, 0) is 11.3 Å². The van der Waals surface area contributed by atoms with Crippen LogP contribution in [0.5, 0.6) is 0 Å². The molecule has 0 unspecified atom stereocenters. The van der Waals surface area contributed by atoms with Gasteiger partial charge in [-0.2, -0.15) is 0 Å². The second kappa shape index (κ2) is 9.30. The number of halogens is 3. The van der Waals surface area contributed by atoms with Gasteiger partial charge >= 0.3 is 0 Å². The molecule has 1 saturated carbocycles. The van der Waals surface area contributed by atoms with Crippen LogP contribution in [0.2, 0.25) is 0 Å². The summed E-state index contributed by atoms with van der Waals surface area (Å²) >= 11 is 0. The minimum Gasteiger partial charge on any atom is -0.377 e. The maximum Gasteiger partial charge on any atom is 0.164 e. The van der Waals surface area contributed by atoms with Crippen LogP contribution in [-0.4, -0.2) is 6.61 Å². The van der Waals surface area contributed by atoms with Crippen LogP contribution < -0.4 is 0 Å². The first-order valence-corrected chi connectivity index (χ1v) is 9.81. The molecule has 0 spiro atoms. The molecule has 1 aliphatic carbocycles. The van der Waals surface area contributed by atoms with E-state index in [1.165, 1.54) is 6.07 Å².